The second-order valence-electron chi connectivity index (χ2n) is 5.53. The third kappa shape index (κ3) is 4.44. The van der Waals surface area contributed by atoms with Crippen LogP contribution in [0.3, 0.4) is 0 Å². The fraction of sp³-hybridized carbons (Fsp3) is 0.211. The summed E-state index contributed by atoms with van der Waals surface area (Å²) in [5.41, 5.74) is 2.02. The van der Waals surface area contributed by atoms with Gasteiger partial charge in [0.1, 0.15) is 5.75 Å². The maximum absolute atomic E-state index is 5.62. The standard InChI is InChI=1S/C19H21N5O/c1-3-25-17-12-8-7-11-16(17)21-19-22-18(13-20-23-19)24(2)14-15-9-5-4-6-10-15/h4-13H,3,14H2,1-2H3,(H,21,22,23). The Morgan fingerprint density at radius 1 is 1.04 bits per heavy atom. The first-order valence-electron chi connectivity index (χ1n) is 8.20. The van der Waals surface area contributed by atoms with Gasteiger partial charge in [-0.05, 0) is 24.6 Å². The Kier molecular flexibility index (Phi) is 5.41. The number of nitrogens with zero attached hydrogens (tertiary/aromatic N) is 4. The molecule has 25 heavy (non-hydrogen) atoms. The van der Waals surface area contributed by atoms with Gasteiger partial charge in [-0.3, -0.25) is 0 Å². The fourth-order valence-corrected chi connectivity index (χ4v) is 2.44. The van der Waals surface area contributed by atoms with Crippen molar-refractivity contribution in [1.82, 2.24) is 15.2 Å². The second kappa shape index (κ2) is 8.10. The predicted octanol–water partition coefficient (Wildman–Crippen LogP) is 3.65. The molecule has 0 unspecified atom stereocenters. The number of hydrogen-bond donors (Lipinski definition) is 1. The summed E-state index contributed by atoms with van der Waals surface area (Å²) in [7, 11) is 1.98. The van der Waals surface area contributed by atoms with Crippen molar-refractivity contribution in [2.75, 3.05) is 23.9 Å². The molecule has 3 rings (SSSR count). The predicted molar refractivity (Wildman–Crippen MR) is 99.3 cm³/mol. The number of hydrogen-bond acceptors (Lipinski definition) is 6. The van der Waals surface area contributed by atoms with Crippen molar-refractivity contribution in [3.8, 4) is 5.75 Å². The molecule has 3 aromatic rings. The lowest BCUT2D eigenvalue weighted by Crippen LogP contribution is -2.18. The van der Waals surface area contributed by atoms with Crippen molar-refractivity contribution in [2.24, 2.45) is 0 Å². The average Bonchev–Trinajstić information content (AvgIpc) is 2.65. The highest BCUT2D eigenvalue weighted by molar-refractivity contribution is 5.62. The molecule has 0 amide bonds. The van der Waals surface area contributed by atoms with E-state index >= 15 is 0 Å². The van der Waals surface area contributed by atoms with Crippen LogP contribution in [0.15, 0.2) is 60.8 Å². The van der Waals surface area contributed by atoms with E-state index in [9.17, 15) is 0 Å². The molecule has 0 atom stereocenters. The van der Waals surface area contributed by atoms with Gasteiger partial charge < -0.3 is 15.0 Å². The Balaban J connectivity index is 1.75. The number of nitrogens with one attached hydrogen (secondary N) is 1. The van der Waals surface area contributed by atoms with Crippen molar-refractivity contribution in [2.45, 2.75) is 13.5 Å². The van der Waals surface area contributed by atoms with Crippen LogP contribution in [0.1, 0.15) is 12.5 Å². The molecule has 2 aromatic carbocycles. The lowest BCUT2D eigenvalue weighted by Gasteiger charge is -2.18. The molecule has 0 saturated carbocycles. The molecule has 0 spiro atoms. The molecule has 6 nitrogen and oxygen atoms in total. The maximum Gasteiger partial charge on any atom is 0.249 e. The van der Waals surface area contributed by atoms with Crippen LogP contribution in [0, 0.1) is 0 Å². The molecule has 0 aliphatic carbocycles. The van der Waals surface area contributed by atoms with E-state index in [1.165, 1.54) is 5.56 Å². The van der Waals surface area contributed by atoms with E-state index in [2.05, 4.69) is 32.6 Å². The lowest BCUT2D eigenvalue weighted by atomic mass is 10.2. The van der Waals surface area contributed by atoms with Crippen molar-refractivity contribution in [3.05, 3.63) is 66.4 Å². The molecular weight excluding hydrogens is 314 g/mol. The van der Waals surface area contributed by atoms with Gasteiger partial charge in [-0.2, -0.15) is 10.1 Å². The van der Waals surface area contributed by atoms with Gasteiger partial charge in [-0.15, -0.1) is 5.10 Å². The average molecular weight is 335 g/mol. The van der Waals surface area contributed by atoms with Gasteiger partial charge in [-0.1, -0.05) is 42.5 Å². The Morgan fingerprint density at radius 3 is 2.60 bits per heavy atom. The molecule has 0 aliphatic rings. The van der Waals surface area contributed by atoms with Crippen LogP contribution >= 0.6 is 0 Å². The lowest BCUT2D eigenvalue weighted by molar-refractivity contribution is 0.342. The molecule has 0 fully saturated rings. The summed E-state index contributed by atoms with van der Waals surface area (Å²) in [4.78, 5) is 6.58. The minimum atomic E-state index is 0.435. The van der Waals surface area contributed by atoms with Crippen LogP contribution in [0.25, 0.3) is 0 Å². The highest BCUT2D eigenvalue weighted by Crippen LogP contribution is 2.26. The number of benzene rings is 2. The molecule has 0 saturated heterocycles. The third-order valence-electron chi connectivity index (χ3n) is 3.63. The quantitative estimate of drug-likeness (QED) is 0.711. The van der Waals surface area contributed by atoms with Gasteiger partial charge in [0.15, 0.2) is 5.82 Å². The fourth-order valence-electron chi connectivity index (χ4n) is 2.44. The van der Waals surface area contributed by atoms with E-state index in [4.69, 9.17) is 4.74 Å². The SMILES string of the molecule is CCOc1ccccc1Nc1nncc(N(C)Cc2ccccc2)n1. The Labute approximate surface area is 147 Å². The minimum Gasteiger partial charge on any atom is -0.492 e. The van der Waals surface area contributed by atoms with Crippen molar-refractivity contribution in [3.63, 3.8) is 0 Å². The molecule has 1 aromatic heterocycles. The van der Waals surface area contributed by atoms with Gasteiger partial charge in [0, 0.05) is 13.6 Å². The summed E-state index contributed by atoms with van der Waals surface area (Å²) in [5.74, 6) is 1.94. The van der Waals surface area contributed by atoms with Gasteiger partial charge in [0.25, 0.3) is 0 Å². The number of para-hydroxylation sites is 2. The first kappa shape index (κ1) is 16.7. The molecular formula is C19H21N5O. The molecule has 0 aliphatic heterocycles. The van der Waals surface area contributed by atoms with Crippen LogP contribution < -0.4 is 15.0 Å². The van der Waals surface area contributed by atoms with Crippen LogP contribution in [-0.2, 0) is 6.54 Å². The Bertz CT molecular complexity index is 810. The third-order valence-corrected chi connectivity index (χ3v) is 3.63. The maximum atomic E-state index is 5.62. The summed E-state index contributed by atoms with van der Waals surface area (Å²) < 4.78 is 5.62. The minimum absolute atomic E-state index is 0.435. The zero-order valence-electron chi connectivity index (χ0n) is 14.4. The van der Waals surface area contributed by atoms with Crippen LogP contribution in [0.5, 0.6) is 5.75 Å². The number of rotatable bonds is 7. The highest BCUT2D eigenvalue weighted by atomic mass is 16.5. The largest absolute Gasteiger partial charge is 0.492 e. The first-order valence-corrected chi connectivity index (χ1v) is 8.20. The van der Waals surface area contributed by atoms with E-state index in [0.29, 0.717) is 12.6 Å². The summed E-state index contributed by atoms with van der Waals surface area (Å²) in [6, 6.07) is 17.9. The normalized spacial score (nSPS) is 10.3. The zero-order valence-corrected chi connectivity index (χ0v) is 14.4. The zero-order chi connectivity index (χ0) is 17.5. The van der Waals surface area contributed by atoms with E-state index < -0.39 is 0 Å². The van der Waals surface area contributed by atoms with E-state index in [1.807, 2.05) is 61.3 Å². The van der Waals surface area contributed by atoms with Gasteiger partial charge in [0.2, 0.25) is 5.95 Å². The van der Waals surface area contributed by atoms with Gasteiger partial charge in [0.05, 0.1) is 18.5 Å². The number of anilines is 3. The topological polar surface area (TPSA) is 63.2 Å². The van der Waals surface area contributed by atoms with E-state index in [-0.39, 0.29) is 0 Å². The second-order valence-corrected chi connectivity index (χ2v) is 5.53. The Hall–Kier alpha value is -3.15. The highest BCUT2D eigenvalue weighted by Gasteiger charge is 2.09. The molecule has 128 valence electrons. The smallest absolute Gasteiger partial charge is 0.249 e. The van der Waals surface area contributed by atoms with Crippen LogP contribution in [-0.4, -0.2) is 28.8 Å². The Morgan fingerprint density at radius 2 is 1.80 bits per heavy atom. The van der Waals surface area contributed by atoms with Crippen LogP contribution in [0.2, 0.25) is 0 Å². The molecule has 0 bridgehead atoms. The summed E-state index contributed by atoms with van der Waals surface area (Å²) in [5, 5.41) is 11.3. The van der Waals surface area contributed by atoms with Crippen molar-refractivity contribution < 1.29 is 4.74 Å². The van der Waals surface area contributed by atoms with Crippen molar-refractivity contribution >= 4 is 17.5 Å². The molecule has 6 heteroatoms. The molecule has 0 radical (unpaired) electrons. The summed E-state index contributed by atoms with van der Waals surface area (Å²) >= 11 is 0. The van der Waals surface area contributed by atoms with Gasteiger partial charge >= 0.3 is 0 Å². The number of aromatic nitrogens is 3. The van der Waals surface area contributed by atoms with Gasteiger partial charge in [-0.25, -0.2) is 0 Å². The summed E-state index contributed by atoms with van der Waals surface area (Å²) in [6.07, 6.45) is 1.66. The molecule has 1 N–H and O–H groups in total. The summed E-state index contributed by atoms with van der Waals surface area (Å²) in [6.45, 7) is 3.29. The van der Waals surface area contributed by atoms with Crippen LogP contribution in [0.4, 0.5) is 17.5 Å². The molecule has 1 heterocycles. The van der Waals surface area contributed by atoms with E-state index in [1.54, 1.807) is 6.20 Å². The monoisotopic (exact) mass is 335 g/mol. The first-order chi connectivity index (χ1) is 12.3. The van der Waals surface area contributed by atoms with E-state index in [0.717, 1.165) is 23.8 Å². The number of ether oxygens (including phenoxy) is 1. The van der Waals surface area contributed by atoms with Crippen molar-refractivity contribution in [1.29, 1.82) is 0 Å².